The van der Waals surface area contributed by atoms with E-state index in [1.807, 2.05) is 6.07 Å². The lowest BCUT2D eigenvalue weighted by atomic mass is 10.2. The smallest absolute Gasteiger partial charge is 0.0469 e. The van der Waals surface area contributed by atoms with Crippen molar-refractivity contribution in [3.8, 4) is 0 Å². The van der Waals surface area contributed by atoms with Gasteiger partial charge in [0.2, 0.25) is 0 Å². The molecule has 0 aliphatic heterocycles. The summed E-state index contributed by atoms with van der Waals surface area (Å²) >= 11 is 9.04. The highest BCUT2D eigenvalue weighted by Crippen LogP contribution is 2.20. The van der Waals surface area contributed by atoms with Gasteiger partial charge in [-0.05, 0) is 23.8 Å². The number of halogens is 2. The monoisotopic (exact) mass is 235 g/mol. The van der Waals surface area contributed by atoms with E-state index in [0.29, 0.717) is 11.6 Å². The van der Waals surface area contributed by atoms with Crippen LogP contribution in [-0.4, -0.2) is 5.21 Å². The number of hydroxylamine groups is 1. The van der Waals surface area contributed by atoms with Crippen LogP contribution in [0.15, 0.2) is 22.7 Å². The quantitative estimate of drug-likeness (QED) is 0.774. The van der Waals surface area contributed by atoms with E-state index in [4.69, 9.17) is 16.8 Å². The van der Waals surface area contributed by atoms with Crippen LogP contribution in [0.25, 0.3) is 0 Å². The molecule has 0 aromatic heterocycles. The van der Waals surface area contributed by atoms with Gasteiger partial charge in [0.05, 0.1) is 0 Å². The van der Waals surface area contributed by atoms with Gasteiger partial charge in [-0.15, -0.1) is 0 Å². The average Bonchev–Trinajstić information content (AvgIpc) is 1.98. The van der Waals surface area contributed by atoms with Gasteiger partial charge in [0.1, 0.15) is 0 Å². The molecule has 0 heterocycles. The Morgan fingerprint density at radius 2 is 2.27 bits per heavy atom. The average molecular weight is 236 g/mol. The molecule has 11 heavy (non-hydrogen) atoms. The number of rotatable bonds is 2. The van der Waals surface area contributed by atoms with Gasteiger partial charge in [0, 0.05) is 16.0 Å². The molecule has 1 aromatic rings. The molecule has 0 saturated carbocycles. The molecule has 0 atom stereocenters. The van der Waals surface area contributed by atoms with Gasteiger partial charge in [0.25, 0.3) is 0 Å². The first-order valence-corrected chi connectivity index (χ1v) is 4.22. The minimum atomic E-state index is 0.390. The Bertz CT molecular complexity index is 254. The second-order valence-corrected chi connectivity index (χ2v) is 3.36. The van der Waals surface area contributed by atoms with Crippen molar-refractivity contribution in [1.82, 2.24) is 5.48 Å². The van der Waals surface area contributed by atoms with Gasteiger partial charge >= 0.3 is 0 Å². The number of hydrogen-bond acceptors (Lipinski definition) is 2. The maximum atomic E-state index is 8.42. The van der Waals surface area contributed by atoms with Crippen LogP contribution >= 0.6 is 27.5 Å². The number of hydrogen-bond donors (Lipinski definition) is 2. The van der Waals surface area contributed by atoms with Crippen molar-refractivity contribution in [3.05, 3.63) is 33.3 Å². The minimum Gasteiger partial charge on any atom is -0.316 e. The predicted octanol–water partition coefficient (Wildman–Crippen LogP) is 2.58. The zero-order valence-electron chi connectivity index (χ0n) is 5.64. The van der Waals surface area contributed by atoms with Crippen LogP contribution in [0.4, 0.5) is 0 Å². The van der Waals surface area contributed by atoms with Gasteiger partial charge in [0.15, 0.2) is 0 Å². The molecule has 0 unspecified atom stereocenters. The Hall–Kier alpha value is -0.0900. The third-order valence-corrected chi connectivity index (χ3v) is 2.29. The lowest BCUT2D eigenvalue weighted by Gasteiger charge is -2.02. The highest BCUT2D eigenvalue weighted by atomic mass is 79.9. The van der Waals surface area contributed by atoms with Crippen LogP contribution in [0.3, 0.4) is 0 Å². The topological polar surface area (TPSA) is 32.3 Å². The molecule has 0 spiro atoms. The van der Waals surface area contributed by atoms with Crippen molar-refractivity contribution < 1.29 is 5.21 Å². The summed E-state index contributed by atoms with van der Waals surface area (Å²) in [5.41, 5.74) is 2.99. The number of nitrogens with one attached hydrogen (secondary N) is 1. The maximum absolute atomic E-state index is 8.42. The Kier molecular flexibility index (Phi) is 3.33. The van der Waals surface area contributed by atoms with E-state index in [1.165, 1.54) is 0 Å². The Morgan fingerprint density at radius 1 is 1.55 bits per heavy atom. The highest BCUT2D eigenvalue weighted by molar-refractivity contribution is 9.10. The molecule has 60 valence electrons. The maximum Gasteiger partial charge on any atom is 0.0469 e. The summed E-state index contributed by atoms with van der Waals surface area (Å²) in [6, 6.07) is 5.41. The summed E-state index contributed by atoms with van der Waals surface area (Å²) in [5.74, 6) is 0. The zero-order valence-corrected chi connectivity index (χ0v) is 7.98. The van der Waals surface area contributed by atoms with E-state index in [2.05, 4.69) is 21.4 Å². The number of benzene rings is 1. The van der Waals surface area contributed by atoms with Crippen molar-refractivity contribution in [1.29, 1.82) is 0 Å². The van der Waals surface area contributed by atoms with E-state index in [0.717, 1.165) is 10.0 Å². The summed E-state index contributed by atoms with van der Waals surface area (Å²) < 4.78 is 0.934. The molecule has 0 aliphatic carbocycles. The molecule has 4 heteroatoms. The molecule has 2 N–H and O–H groups in total. The third kappa shape index (κ3) is 2.45. The SMILES string of the molecule is ONCc1cc(Cl)ccc1Br. The van der Waals surface area contributed by atoms with Gasteiger partial charge in [-0.3, -0.25) is 0 Å². The van der Waals surface area contributed by atoms with Gasteiger partial charge in [-0.2, -0.15) is 0 Å². The van der Waals surface area contributed by atoms with Crippen LogP contribution in [0.5, 0.6) is 0 Å². The predicted molar refractivity (Wildman–Crippen MR) is 47.8 cm³/mol. The lowest BCUT2D eigenvalue weighted by Crippen LogP contribution is -2.06. The first kappa shape index (κ1) is 9.00. The molecule has 0 saturated heterocycles. The fraction of sp³-hybridized carbons (Fsp3) is 0.143. The Morgan fingerprint density at radius 3 is 2.91 bits per heavy atom. The molecule has 1 aromatic carbocycles. The van der Waals surface area contributed by atoms with Crippen LogP contribution < -0.4 is 5.48 Å². The van der Waals surface area contributed by atoms with E-state index in [1.54, 1.807) is 12.1 Å². The van der Waals surface area contributed by atoms with Crippen LogP contribution in [-0.2, 0) is 6.54 Å². The molecule has 1 rings (SSSR count). The van der Waals surface area contributed by atoms with Crippen molar-refractivity contribution in [3.63, 3.8) is 0 Å². The van der Waals surface area contributed by atoms with Gasteiger partial charge in [-0.25, -0.2) is 5.48 Å². The Labute approximate surface area is 78.3 Å². The van der Waals surface area contributed by atoms with E-state index in [9.17, 15) is 0 Å². The first-order chi connectivity index (χ1) is 5.24. The van der Waals surface area contributed by atoms with E-state index in [-0.39, 0.29) is 0 Å². The lowest BCUT2D eigenvalue weighted by molar-refractivity contribution is 0.161. The summed E-state index contributed by atoms with van der Waals surface area (Å²) in [5, 5.41) is 9.09. The van der Waals surface area contributed by atoms with Gasteiger partial charge in [-0.1, -0.05) is 27.5 Å². The van der Waals surface area contributed by atoms with Crippen molar-refractivity contribution in [2.24, 2.45) is 0 Å². The summed E-state index contributed by atoms with van der Waals surface area (Å²) in [6.45, 7) is 0.390. The molecular formula is C7H7BrClNO. The Balaban J connectivity index is 2.93. The normalized spacial score (nSPS) is 10.1. The van der Waals surface area contributed by atoms with Crippen molar-refractivity contribution in [2.75, 3.05) is 0 Å². The first-order valence-electron chi connectivity index (χ1n) is 3.05. The van der Waals surface area contributed by atoms with Gasteiger partial charge < -0.3 is 5.21 Å². The zero-order chi connectivity index (χ0) is 8.27. The van der Waals surface area contributed by atoms with Crippen LogP contribution in [0, 0.1) is 0 Å². The van der Waals surface area contributed by atoms with Crippen molar-refractivity contribution in [2.45, 2.75) is 6.54 Å². The largest absolute Gasteiger partial charge is 0.316 e. The van der Waals surface area contributed by atoms with Crippen LogP contribution in [0.2, 0.25) is 5.02 Å². The van der Waals surface area contributed by atoms with E-state index < -0.39 is 0 Å². The summed E-state index contributed by atoms with van der Waals surface area (Å²) in [7, 11) is 0. The third-order valence-electron chi connectivity index (χ3n) is 1.28. The molecule has 2 nitrogen and oxygen atoms in total. The molecule has 0 fully saturated rings. The van der Waals surface area contributed by atoms with E-state index >= 15 is 0 Å². The molecule has 0 radical (unpaired) electrons. The molecule has 0 bridgehead atoms. The fourth-order valence-electron chi connectivity index (χ4n) is 0.764. The molecule has 0 aliphatic rings. The minimum absolute atomic E-state index is 0.390. The van der Waals surface area contributed by atoms with Crippen molar-refractivity contribution >= 4 is 27.5 Å². The highest BCUT2D eigenvalue weighted by Gasteiger charge is 1.98. The summed E-state index contributed by atoms with van der Waals surface area (Å²) in [4.78, 5) is 0. The second kappa shape index (κ2) is 4.07. The summed E-state index contributed by atoms with van der Waals surface area (Å²) in [6.07, 6.45) is 0. The molecule has 0 amide bonds. The molecular weight excluding hydrogens is 229 g/mol. The van der Waals surface area contributed by atoms with Crippen LogP contribution in [0.1, 0.15) is 5.56 Å². The second-order valence-electron chi connectivity index (χ2n) is 2.07. The fourth-order valence-corrected chi connectivity index (χ4v) is 1.35. The standard InChI is InChI=1S/C7H7BrClNO/c8-7-2-1-6(9)3-5(7)4-10-11/h1-3,10-11H,4H2.